The van der Waals surface area contributed by atoms with Gasteiger partial charge in [-0.2, -0.15) is 0 Å². The Bertz CT molecular complexity index is 1070. The van der Waals surface area contributed by atoms with Crippen LogP contribution in [-0.2, 0) is 16.0 Å². The number of rotatable bonds is 11. The monoisotopic (exact) mass is 625 g/mol. The van der Waals surface area contributed by atoms with Crippen LogP contribution >= 0.6 is 35.3 Å². The first-order valence-corrected chi connectivity index (χ1v) is 17.1. The van der Waals surface area contributed by atoms with E-state index >= 15 is 0 Å². The number of aliphatic hydroxyl groups is 1. The van der Waals surface area contributed by atoms with Crippen LogP contribution in [0.4, 0.5) is 0 Å². The van der Waals surface area contributed by atoms with Crippen molar-refractivity contribution in [2.24, 2.45) is 15.4 Å². The second kappa shape index (κ2) is 16.1. The molecule has 1 fully saturated rings. The van der Waals surface area contributed by atoms with Crippen molar-refractivity contribution >= 4 is 51.7 Å². The number of carbonyl (C=O) groups is 1. The second-order valence-corrected chi connectivity index (χ2v) is 14.6. The van der Waals surface area contributed by atoms with E-state index in [1.54, 1.807) is 33.1 Å². The maximum absolute atomic E-state index is 11.6. The highest BCUT2D eigenvalue weighted by Gasteiger charge is 2.49. The number of likely N-dealkylation sites (N-methyl/N-ethyl adjacent to an activating group) is 1. The maximum Gasteiger partial charge on any atom is 0.148 e. The molecule has 3 heterocycles. The highest BCUT2D eigenvalue weighted by Crippen LogP contribution is 2.44. The molecule has 232 valence electrons. The Hall–Kier alpha value is -1.04. The largest absolute Gasteiger partial charge is 0.496 e. The standard InChI is InChI=1S/C28H41N3O3S3.C2H6O.CH4/c1-7-8-9-11-18-12-10-13-21(34-6)22(18)24-29-19(14-35-24)25-31(5)20(15-36-25)23(33)27(2,3)26-30-28(4,16-32)17-37-26;1-3-2;/h10,12-13,16,19-20,23,25,33H,7-9,11,14-15,17H2,1-6H3;1-2H3;1H4. The average molecular weight is 626 g/mol. The van der Waals surface area contributed by atoms with Crippen molar-refractivity contribution in [1.29, 1.82) is 0 Å². The Morgan fingerprint density at radius 2 is 1.93 bits per heavy atom. The van der Waals surface area contributed by atoms with Crippen LogP contribution in [0.15, 0.2) is 28.2 Å². The van der Waals surface area contributed by atoms with Crippen molar-refractivity contribution in [1.82, 2.24) is 4.90 Å². The Labute approximate surface area is 261 Å². The number of benzene rings is 1. The summed E-state index contributed by atoms with van der Waals surface area (Å²) in [6, 6.07) is 6.49. The number of methoxy groups -OCH3 is 2. The van der Waals surface area contributed by atoms with Gasteiger partial charge in [0.25, 0.3) is 0 Å². The summed E-state index contributed by atoms with van der Waals surface area (Å²) in [4.78, 5) is 23.8. The van der Waals surface area contributed by atoms with Crippen molar-refractivity contribution in [2.45, 2.75) is 89.9 Å². The fraction of sp³-hybridized carbons (Fsp3) is 0.710. The molecular weight excluding hydrogens is 575 g/mol. The number of hydrogen-bond donors (Lipinski definition) is 1. The van der Waals surface area contributed by atoms with Crippen LogP contribution in [0.5, 0.6) is 5.75 Å². The molecule has 1 aromatic carbocycles. The van der Waals surface area contributed by atoms with Crippen LogP contribution in [0.3, 0.4) is 0 Å². The van der Waals surface area contributed by atoms with E-state index in [9.17, 15) is 9.90 Å². The quantitative estimate of drug-likeness (QED) is 0.235. The van der Waals surface area contributed by atoms with Crippen LogP contribution in [0, 0.1) is 5.41 Å². The van der Waals surface area contributed by atoms with Gasteiger partial charge in [0.15, 0.2) is 0 Å². The van der Waals surface area contributed by atoms with Gasteiger partial charge in [-0.05, 0) is 38.4 Å². The van der Waals surface area contributed by atoms with Crippen molar-refractivity contribution < 1.29 is 19.4 Å². The summed E-state index contributed by atoms with van der Waals surface area (Å²) in [5, 5.41) is 13.7. The van der Waals surface area contributed by atoms with Crippen LogP contribution in [0.2, 0.25) is 0 Å². The Morgan fingerprint density at radius 1 is 1.22 bits per heavy atom. The third-order valence-corrected chi connectivity index (χ3v) is 12.0. The van der Waals surface area contributed by atoms with Gasteiger partial charge in [0.2, 0.25) is 0 Å². The Balaban J connectivity index is 0.00000141. The molecule has 7 nitrogen and oxygen atoms in total. The average Bonchev–Trinajstić information content (AvgIpc) is 3.67. The van der Waals surface area contributed by atoms with Crippen LogP contribution in [-0.4, -0.2) is 101 Å². The molecule has 41 heavy (non-hydrogen) atoms. The summed E-state index contributed by atoms with van der Waals surface area (Å²) in [5.41, 5.74) is 1.27. The first-order chi connectivity index (χ1) is 19.1. The van der Waals surface area contributed by atoms with Crippen molar-refractivity contribution in [3.05, 3.63) is 29.3 Å². The minimum atomic E-state index is -0.685. The number of aryl methyl sites for hydroxylation is 1. The first kappa shape index (κ1) is 36.2. The molecule has 0 radical (unpaired) electrons. The van der Waals surface area contributed by atoms with Gasteiger partial charge < -0.3 is 19.4 Å². The first-order valence-electron chi connectivity index (χ1n) is 14.0. The number of aldehydes is 1. The minimum absolute atomic E-state index is 0. The minimum Gasteiger partial charge on any atom is -0.496 e. The molecule has 5 unspecified atom stereocenters. The van der Waals surface area contributed by atoms with E-state index in [-0.39, 0.29) is 24.9 Å². The predicted octanol–water partition coefficient (Wildman–Crippen LogP) is 6.05. The lowest BCUT2D eigenvalue weighted by molar-refractivity contribution is -0.111. The molecule has 0 saturated carbocycles. The van der Waals surface area contributed by atoms with Crippen LogP contribution in [0.25, 0.3) is 0 Å². The van der Waals surface area contributed by atoms with E-state index < -0.39 is 17.1 Å². The summed E-state index contributed by atoms with van der Waals surface area (Å²) in [5.74, 6) is 3.31. The number of hydrogen-bond acceptors (Lipinski definition) is 10. The summed E-state index contributed by atoms with van der Waals surface area (Å²) in [7, 11) is 7.11. The molecule has 1 N–H and O–H groups in total. The Morgan fingerprint density at radius 3 is 2.54 bits per heavy atom. The smallest absolute Gasteiger partial charge is 0.148 e. The molecule has 1 aromatic rings. The van der Waals surface area contributed by atoms with Gasteiger partial charge in [-0.15, -0.1) is 35.3 Å². The molecule has 0 spiro atoms. The zero-order valence-electron chi connectivity index (χ0n) is 25.3. The van der Waals surface area contributed by atoms with Crippen LogP contribution < -0.4 is 4.74 Å². The maximum atomic E-state index is 11.6. The highest BCUT2D eigenvalue weighted by molar-refractivity contribution is 8.15. The molecule has 0 aromatic heterocycles. The molecule has 3 aliphatic heterocycles. The number of nitrogens with zero attached hydrogens (tertiary/aromatic N) is 3. The molecule has 10 heteroatoms. The lowest BCUT2D eigenvalue weighted by Gasteiger charge is -2.38. The highest BCUT2D eigenvalue weighted by atomic mass is 32.2. The molecule has 4 rings (SSSR count). The lowest BCUT2D eigenvalue weighted by atomic mass is 9.83. The number of unbranched alkanes of at least 4 members (excludes halogenated alkanes) is 2. The second-order valence-electron chi connectivity index (χ2n) is 11.5. The SMILES string of the molecule is C.CCCCCc1cccc(OC)c1C1=NC(C2SCC(C(O)C(C)(C)C3=NC(C)(C=O)CS3)N2C)CS1.COC. The molecule has 3 aliphatic rings. The number of aliphatic imine (C=N–C) groups is 2. The molecular formula is C31H51N3O4S3. The lowest BCUT2D eigenvalue weighted by Crippen LogP contribution is -2.51. The molecule has 0 bridgehead atoms. The third-order valence-electron chi connectivity index (χ3n) is 7.73. The summed E-state index contributed by atoms with van der Waals surface area (Å²) in [6.07, 6.45) is 4.97. The van der Waals surface area contributed by atoms with E-state index in [0.717, 1.165) is 45.6 Å². The molecule has 1 saturated heterocycles. The van der Waals surface area contributed by atoms with E-state index in [4.69, 9.17) is 14.7 Å². The van der Waals surface area contributed by atoms with Gasteiger partial charge in [-0.3, -0.25) is 14.9 Å². The third kappa shape index (κ3) is 8.32. The summed E-state index contributed by atoms with van der Waals surface area (Å²) < 4.78 is 10.0. The van der Waals surface area contributed by atoms with Crippen LogP contribution in [0.1, 0.15) is 65.5 Å². The van der Waals surface area contributed by atoms with Gasteiger partial charge in [-0.25, -0.2) is 0 Å². The zero-order valence-corrected chi connectivity index (χ0v) is 27.8. The van der Waals surface area contributed by atoms with Gasteiger partial charge in [-0.1, -0.05) is 53.2 Å². The van der Waals surface area contributed by atoms with Gasteiger partial charge in [0.05, 0.1) is 35.2 Å². The van der Waals surface area contributed by atoms with Crippen molar-refractivity contribution in [3.8, 4) is 5.75 Å². The molecule has 5 atom stereocenters. The molecule has 0 aliphatic carbocycles. The predicted molar refractivity (Wildman–Crippen MR) is 181 cm³/mol. The van der Waals surface area contributed by atoms with Gasteiger partial charge in [0, 0.05) is 42.9 Å². The summed E-state index contributed by atoms with van der Waals surface area (Å²) >= 11 is 5.31. The number of carbonyl (C=O) groups excluding carboxylic acids is 1. The fourth-order valence-corrected chi connectivity index (χ4v) is 9.46. The van der Waals surface area contributed by atoms with Crippen molar-refractivity contribution in [3.63, 3.8) is 0 Å². The number of ether oxygens (including phenoxy) is 2. The van der Waals surface area contributed by atoms with Gasteiger partial charge in [0.1, 0.15) is 22.6 Å². The summed E-state index contributed by atoms with van der Waals surface area (Å²) in [6.45, 7) is 8.20. The number of aliphatic hydroxyl groups excluding tert-OH is 1. The van der Waals surface area contributed by atoms with Gasteiger partial charge >= 0.3 is 0 Å². The number of thioether (sulfide) groups is 3. The topological polar surface area (TPSA) is 83.7 Å². The van der Waals surface area contributed by atoms with E-state index in [1.165, 1.54) is 24.8 Å². The van der Waals surface area contributed by atoms with E-state index in [1.807, 2.05) is 36.5 Å². The fourth-order valence-electron chi connectivity index (χ4n) is 5.26. The van der Waals surface area contributed by atoms with E-state index in [0.29, 0.717) is 5.75 Å². The Kier molecular flexibility index (Phi) is 14.2. The zero-order chi connectivity index (χ0) is 29.5. The van der Waals surface area contributed by atoms with Crippen molar-refractivity contribution in [2.75, 3.05) is 45.6 Å². The molecule has 0 amide bonds. The van der Waals surface area contributed by atoms with E-state index in [2.05, 4.69) is 49.6 Å². The normalized spacial score (nSPS) is 26.9.